The summed E-state index contributed by atoms with van der Waals surface area (Å²) >= 11 is 1.02. The number of carbonyl (C=O) groups is 3. The minimum atomic E-state index is -0.225. The van der Waals surface area contributed by atoms with Gasteiger partial charge >= 0.3 is 0 Å². The zero-order valence-corrected chi connectivity index (χ0v) is 18.6. The highest BCUT2D eigenvalue weighted by Gasteiger charge is 2.31. The maximum absolute atomic E-state index is 12.7. The molecule has 0 saturated carbocycles. The van der Waals surface area contributed by atoms with Crippen molar-refractivity contribution in [2.24, 2.45) is 7.05 Å². The summed E-state index contributed by atoms with van der Waals surface area (Å²) in [5, 5.41) is 2.68. The average molecular weight is 453 g/mol. The quantitative estimate of drug-likeness (QED) is 0.702. The average Bonchev–Trinajstić information content (AvgIpc) is 3.41. The molecule has 2 saturated heterocycles. The van der Waals surface area contributed by atoms with Gasteiger partial charge in [0.05, 0.1) is 31.1 Å². The summed E-state index contributed by atoms with van der Waals surface area (Å²) in [5.41, 5.74) is 5.04. The normalized spacial score (nSPS) is 20.3. The molecule has 1 aromatic carbocycles. The smallest absolute Gasteiger partial charge is 0.289 e. The van der Waals surface area contributed by atoms with Crippen LogP contribution in [0.25, 0.3) is 11.6 Å². The summed E-state index contributed by atoms with van der Waals surface area (Å²) in [4.78, 5) is 40.2. The number of carbonyl (C=O) groups excluding carboxylic acids is 3. The fourth-order valence-electron chi connectivity index (χ4n) is 4.20. The molecule has 2 aromatic rings. The number of imide groups is 1. The van der Waals surface area contributed by atoms with Gasteiger partial charge in [-0.1, -0.05) is 17.8 Å². The van der Waals surface area contributed by atoms with Crippen molar-refractivity contribution in [2.75, 3.05) is 37.4 Å². The van der Waals surface area contributed by atoms with Gasteiger partial charge in [-0.3, -0.25) is 24.2 Å². The predicted octanol–water partition coefficient (Wildman–Crippen LogP) is 2.55. The summed E-state index contributed by atoms with van der Waals surface area (Å²) < 4.78 is 7.53. The molecule has 0 atom stereocenters. The standard InChI is InChI=1S/C23H24N4O4S/c1-25-16(3-4-17(25)13-26-6-8-31-9-7-26)11-19-18-10-15(2-5-20(18)24-22(19)29)12-27-21(28)14-32-23(27)30/h2-5,10-11H,6-9,12-14H2,1H3,(H,24,29)/b19-11+. The second-order valence-corrected chi connectivity index (χ2v) is 9.05. The fraction of sp³-hybridized carbons (Fsp3) is 0.348. The first-order valence-corrected chi connectivity index (χ1v) is 11.6. The summed E-state index contributed by atoms with van der Waals surface area (Å²) in [5.74, 6) is -0.145. The molecule has 3 aliphatic rings. The van der Waals surface area contributed by atoms with Crippen molar-refractivity contribution in [3.05, 3.63) is 52.8 Å². The molecule has 0 bridgehead atoms. The summed E-state index contributed by atoms with van der Waals surface area (Å²) in [7, 11) is 2.01. The zero-order chi connectivity index (χ0) is 22.2. The molecule has 32 heavy (non-hydrogen) atoms. The van der Waals surface area contributed by atoms with Gasteiger partial charge in [0.1, 0.15) is 0 Å². The first kappa shape index (κ1) is 21.0. The van der Waals surface area contributed by atoms with E-state index in [2.05, 4.69) is 20.9 Å². The topological polar surface area (TPSA) is 83.9 Å². The van der Waals surface area contributed by atoms with Gasteiger partial charge in [-0.15, -0.1) is 0 Å². The van der Waals surface area contributed by atoms with E-state index < -0.39 is 0 Å². The van der Waals surface area contributed by atoms with Gasteiger partial charge in [-0.2, -0.15) is 0 Å². The van der Waals surface area contributed by atoms with E-state index >= 15 is 0 Å². The molecule has 3 aliphatic heterocycles. The molecular formula is C23H24N4O4S. The van der Waals surface area contributed by atoms with Crippen molar-refractivity contribution in [1.29, 1.82) is 0 Å². The molecule has 0 spiro atoms. The van der Waals surface area contributed by atoms with Crippen molar-refractivity contribution in [3.8, 4) is 0 Å². The van der Waals surface area contributed by atoms with Crippen molar-refractivity contribution in [3.63, 3.8) is 0 Å². The lowest BCUT2D eigenvalue weighted by atomic mass is 10.0. The first-order chi connectivity index (χ1) is 15.5. The predicted molar refractivity (Wildman–Crippen MR) is 123 cm³/mol. The number of fused-ring (bicyclic) bond motifs is 1. The third-order valence-electron chi connectivity index (χ3n) is 6.09. The number of hydrogen-bond acceptors (Lipinski definition) is 6. The third-order valence-corrected chi connectivity index (χ3v) is 6.95. The van der Waals surface area contributed by atoms with Crippen LogP contribution in [0.5, 0.6) is 0 Å². The number of nitrogens with zero attached hydrogens (tertiary/aromatic N) is 3. The largest absolute Gasteiger partial charge is 0.379 e. The molecule has 4 heterocycles. The van der Waals surface area contributed by atoms with Crippen LogP contribution >= 0.6 is 11.8 Å². The minimum absolute atomic E-state index is 0.156. The molecule has 1 aromatic heterocycles. The van der Waals surface area contributed by atoms with Crippen molar-refractivity contribution < 1.29 is 19.1 Å². The van der Waals surface area contributed by atoms with Crippen molar-refractivity contribution in [1.82, 2.24) is 14.4 Å². The van der Waals surface area contributed by atoms with Gasteiger partial charge in [0.2, 0.25) is 5.91 Å². The Morgan fingerprint density at radius 3 is 2.66 bits per heavy atom. The van der Waals surface area contributed by atoms with E-state index in [1.54, 1.807) is 0 Å². The van der Waals surface area contributed by atoms with E-state index in [-0.39, 0.29) is 29.4 Å². The zero-order valence-electron chi connectivity index (χ0n) is 17.8. The molecule has 9 heteroatoms. The van der Waals surface area contributed by atoms with E-state index in [0.717, 1.165) is 67.1 Å². The molecule has 166 valence electrons. The Morgan fingerprint density at radius 1 is 1.09 bits per heavy atom. The lowest BCUT2D eigenvalue weighted by Crippen LogP contribution is -2.36. The Labute approximate surface area is 190 Å². The van der Waals surface area contributed by atoms with E-state index in [0.29, 0.717) is 5.57 Å². The van der Waals surface area contributed by atoms with Crippen LogP contribution in [-0.4, -0.2) is 63.5 Å². The van der Waals surface area contributed by atoms with Gasteiger partial charge in [0.15, 0.2) is 0 Å². The second kappa shape index (κ2) is 8.57. The van der Waals surface area contributed by atoms with Gasteiger partial charge < -0.3 is 14.6 Å². The Bertz CT molecular complexity index is 1120. The number of nitrogens with one attached hydrogen (secondary N) is 1. The van der Waals surface area contributed by atoms with Crippen LogP contribution in [0.4, 0.5) is 10.5 Å². The highest BCUT2D eigenvalue weighted by molar-refractivity contribution is 8.14. The summed E-state index contributed by atoms with van der Waals surface area (Å²) in [6.07, 6.45) is 1.90. The number of amides is 3. The van der Waals surface area contributed by atoms with Crippen LogP contribution in [0.15, 0.2) is 30.3 Å². The molecule has 0 unspecified atom stereocenters. The molecule has 8 nitrogen and oxygen atoms in total. The summed E-state index contributed by atoms with van der Waals surface area (Å²) in [6.45, 7) is 4.41. The highest BCUT2D eigenvalue weighted by atomic mass is 32.2. The Balaban J connectivity index is 1.40. The number of thioether (sulfide) groups is 1. The SMILES string of the molecule is Cn1c(/C=C2/C(=O)Nc3ccc(CN4C(=O)CSC4=O)cc32)ccc1CN1CCOCC1. The molecule has 0 radical (unpaired) electrons. The van der Waals surface area contributed by atoms with Crippen LogP contribution in [0, 0.1) is 0 Å². The summed E-state index contributed by atoms with van der Waals surface area (Å²) in [6, 6.07) is 9.68. The van der Waals surface area contributed by atoms with Gasteiger partial charge in [0.25, 0.3) is 11.1 Å². The molecule has 2 fully saturated rings. The van der Waals surface area contributed by atoms with Crippen LogP contribution in [-0.2, 0) is 34.5 Å². The molecular weight excluding hydrogens is 428 g/mol. The Hall–Kier alpha value is -2.88. The van der Waals surface area contributed by atoms with Crippen molar-refractivity contribution >= 4 is 46.2 Å². The number of morpholine rings is 1. The van der Waals surface area contributed by atoms with Crippen LogP contribution in [0.3, 0.4) is 0 Å². The van der Waals surface area contributed by atoms with E-state index in [1.807, 2.05) is 37.4 Å². The molecule has 1 N–H and O–H groups in total. The number of anilines is 1. The number of hydrogen-bond donors (Lipinski definition) is 1. The van der Waals surface area contributed by atoms with Crippen molar-refractivity contribution in [2.45, 2.75) is 13.1 Å². The van der Waals surface area contributed by atoms with Gasteiger partial charge in [-0.25, -0.2) is 0 Å². The molecule has 0 aliphatic carbocycles. The first-order valence-electron chi connectivity index (χ1n) is 10.6. The third kappa shape index (κ3) is 3.99. The molecule has 3 amide bonds. The van der Waals surface area contributed by atoms with Crippen LogP contribution in [0.1, 0.15) is 22.5 Å². The van der Waals surface area contributed by atoms with E-state index in [9.17, 15) is 14.4 Å². The monoisotopic (exact) mass is 452 g/mol. The van der Waals surface area contributed by atoms with Gasteiger partial charge in [-0.05, 0) is 35.9 Å². The number of ether oxygens (including phenoxy) is 1. The Kier molecular flexibility index (Phi) is 5.62. The fourth-order valence-corrected chi connectivity index (χ4v) is 4.93. The van der Waals surface area contributed by atoms with Crippen LogP contribution in [0.2, 0.25) is 0 Å². The van der Waals surface area contributed by atoms with Gasteiger partial charge in [0, 0.05) is 49.3 Å². The van der Waals surface area contributed by atoms with E-state index in [1.165, 1.54) is 10.6 Å². The number of benzene rings is 1. The molecule has 5 rings (SSSR count). The maximum atomic E-state index is 12.7. The van der Waals surface area contributed by atoms with Crippen LogP contribution < -0.4 is 5.32 Å². The minimum Gasteiger partial charge on any atom is -0.379 e. The maximum Gasteiger partial charge on any atom is 0.289 e. The van der Waals surface area contributed by atoms with E-state index in [4.69, 9.17) is 4.74 Å². The Morgan fingerprint density at radius 2 is 1.91 bits per heavy atom. The number of rotatable bonds is 5. The highest BCUT2D eigenvalue weighted by Crippen LogP contribution is 2.35. The second-order valence-electron chi connectivity index (χ2n) is 8.12. The lowest BCUT2D eigenvalue weighted by Gasteiger charge is -2.26. The lowest BCUT2D eigenvalue weighted by molar-refractivity contribution is -0.125. The number of aromatic nitrogens is 1.